The van der Waals surface area contributed by atoms with Crippen molar-refractivity contribution >= 4 is 41.8 Å². The van der Waals surface area contributed by atoms with Crippen LogP contribution >= 0.6 is 12.8 Å². The second kappa shape index (κ2) is 9.57. The molecule has 0 unspecified atom stereocenters. The molecule has 0 atom stereocenters. The Balaban J connectivity index is 1.82. The zero-order valence-electron chi connectivity index (χ0n) is 17.9. The predicted octanol–water partition coefficient (Wildman–Crippen LogP) is 5.76. The van der Waals surface area contributed by atoms with Gasteiger partial charge in [-0.3, -0.25) is 4.79 Å². The summed E-state index contributed by atoms with van der Waals surface area (Å²) in [7, 11) is 1.49. The van der Waals surface area contributed by atoms with Gasteiger partial charge < -0.3 is 15.4 Å². The minimum absolute atomic E-state index is 0.298. The lowest BCUT2D eigenvalue weighted by molar-refractivity contribution is 0.102. The maximum absolute atomic E-state index is 12.8. The normalized spacial score (nSPS) is 10.4. The number of benzene rings is 3. The van der Waals surface area contributed by atoms with Crippen LogP contribution in [-0.2, 0) is 0 Å². The Morgan fingerprint density at radius 3 is 2.29 bits per heavy atom. The number of carbonyl (C=O) groups is 2. The Morgan fingerprint density at radius 1 is 0.871 bits per heavy atom. The van der Waals surface area contributed by atoms with Gasteiger partial charge in [-0.15, -0.1) is 0 Å². The van der Waals surface area contributed by atoms with Crippen molar-refractivity contribution in [3.05, 3.63) is 82.9 Å². The summed E-state index contributed by atoms with van der Waals surface area (Å²) < 4.78 is 6.48. The quantitative estimate of drug-likeness (QED) is 0.447. The second-order valence-electron chi connectivity index (χ2n) is 7.25. The first-order valence-electron chi connectivity index (χ1n) is 9.72. The molecule has 3 rings (SSSR count). The molecular formula is C24H25N3O3S. The number of hydrogen-bond acceptors (Lipinski definition) is 4. The van der Waals surface area contributed by atoms with Gasteiger partial charge in [-0.25, -0.2) is 9.10 Å². The van der Waals surface area contributed by atoms with Gasteiger partial charge in [0.2, 0.25) is 0 Å². The summed E-state index contributed by atoms with van der Waals surface area (Å²) in [4.78, 5) is 25.5. The lowest BCUT2D eigenvalue weighted by Crippen LogP contribution is -2.27. The fourth-order valence-electron chi connectivity index (χ4n) is 3.03. The molecular weight excluding hydrogens is 410 g/mol. The molecule has 0 spiro atoms. The average Bonchev–Trinajstić information content (AvgIpc) is 2.75. The number of urea groups is 1. The highest BCUT2D eigenvalue weighted by atomic mass is 32.1. The Labute approximate surface area is 187 Å². The predicted molar refractivity (Wildman–Crippen MR) is 129 cm³/mol. The largest absolute Gasteiger partial charge is 0.495 e. The first-order chi connectivity index (χ1) is 14.8. The van der Waals surface area contributed by atoms with Crippen LogP contribution in [-0.4, -0.2) is 19.0 Å². The Morgan fingerprint density at radius 2 is 1.61 bits per heavy atom. The summed E-state index contributed by atoms with van der Waals surface area (Å²) in [6.07, 6.45) is 0. The highest BCUT2D eigenvalue weighted by Crippen LogP contribution is 2.31. The summed E-state index contributed by atoms with van der Waals surface area (Å²) >= 11 is 4.34. The van der Waals surface area contributed by atoms with Crippen LogP contribution in [0.4, 0.5) is 21.9 Å². The number of carbonyl (C=O) groups excluding carboxylic acids is 2. The standard InChI is InChI=1S/C24H25N3O3S/c1-15-6-5-7-19(12-15)26-24(29)27(31)21-14-18(9-11-22(21)30-4)23(28)25-20-10-8-16(2)17(3)13-20/h5-14,31H,1-4H3,(H,25,28)(H,26,29). The van der Waals surface area contributed by atoms with Gasteiger partial charge in [0.25, 0.3) is 5.91 Å². The average molecular weight is 436 g/mol. The first kappa shape index (κ1) is 22.2. The van der Waals surface area contributed by atoms with Gasteiger partial charge in [-0.2, -0.15) is 0 Å². The van der Waals surface area contributed by atoms with Crippen LogP contribution < -0.4 is 19.7 Å². The summed E-state index contributed by atoms with van der Waals surface area (Å²) in [5, 5.41) is 5.67. The number of ether oxygens (including phenoxy) is 1. The van der Waals surface area contributed by atoms with Crippen LogP contribution in [0.2, 0.25) is 0 Å². The van der Waals surface area contributed by atoms with Crippen LogP contribution in [0.5, 0.6) is 5.75 Å². The molecule has 7 heteroatoms. The third-order valence-electron chi connectivity index (χ3n) is 4.90. The van der Waals surface area contributed by atoms with Crippen LogP contribution in [0, 0.1) is 20.8 Å². The van der Waals surface area contributed by atoms with E-state index in [-0.39, 0.29) is 5.91 Å². The SMILES string of the molecule is COc1ccc(C(=O)Nc2ccc(C)c(C)c2)cc1N(S)C(=O)Nc1cccc(C)c1. The van der Waals surface area contributed by atoms with E-state index in [4.69, 9.17) is 4.74 Å². The van der Waals surface area contributed by atoms with Crippen molar-refractivity contribution in [1.29, 1.82) is 0 Å². The molecule has 0 aliphatic carbocycles. The van der Waals surface area contributed by atoms with E-state index in [9.17, 15) is 9.59 Å². The molecule has 2 N–H and O–H groups in total. The maximum Gasteiger partial charge on any atom is 0.336 e. The maximum atomic E-state index is 12.8. The van der Waals surface area contributed by atoms with Gasteiger partial charge in [-0.1, -0.05) is 31.0 Å². The number of nitrogens with one attached hydrogen (secondary N) is 2. The number of thiol groups is 1. The summed E-state index contributed by atoms with van der Waals surface area (Å²) in [5.41, 5.74) is 5.32. The van der Waals surface area contributed by atoms with E-state index in [1.54, 1.807) is 24.3 Å². The van der Waals surface area contributed by atoms with Crippen molar-refractivity contribution in [3.63, 3.8) is 0 Å². The highest BCUT2D eigenvalue weighted by Gasteiger charge is 2.19. The van der Waals surface area contributed by atoms with Gasteiger partial charge in [0.1, 0.15) is 5.75 Å². The highest BCUT2D eigenvalue weighted by molar-refractivity contribution is 7.82. The zero-order chi connectivity index (χ0) is 22.5. The number of hydrogen-bond donors (Lipinski definition) is 3. The topological polar surface area (TPSA) is 70.7 Å². The van der Waals surface area contributed by atoms with Crippen molar-refractivity contribution in [2.24, 2.45) is 0 Å². The molecule has 0 radical (unpaired) electrons. The van der Waals surface area contributed by atoms with Crippen molar-refractivity contribution < 1.29 is 14.3 Å². The Hall–Kier alpha value is -3.45. The van der Waals surface area contributed by atoms with Gasteiger partial charge in [0.05, 0.1) is 12.8 Å². The summed E-state index contributed by atoms with van der Waals surface area (Å²) in [6, 6.07) is 17.5. The number of anilines is 3. The van der Waals surface area contributed by atoms with Gasteiger partial charge in [0, 0.05) is 16.9 Å². The molecule has 160 valence electrons. The monoisotopic (exact) mass is 435 g/mol. The molecule has 6 nitrogen and oxygen atoms in total. The number of amides is 3. The third-order valence-corrected chi connectivity index (χ3v) is 5.29. The molecule has 0 aliphatic rings. The number of aryl methyl sites for hydroxylation is 3. The number of rotatable bonds is 5. The van der Waals surface area contributed by atoms with Gasteiger partial charge in [0.15, 0.2) is 0 Å². The van der Waals surface area contributed by atoms with E-state index in [2.05, 4.69) is 23.4 Å². The Kier molecular flexibility index (Phi) is 6.87. The van der Waals surface area contributed by atoms with Crippen LogP contribution in [0.15, 0.2) is 60.7 Å². The second-order valence-corrected chi connectivity index (χ2v) is 7.65. The molecule has 3 aromatic carbocycles. The first-order valence-corrected chi connectivity index (χ1v) is 10.1. The van der Waals surface area contributed by atoms with E-state index >= 15 is 0 Å². The van der Waals surface area contributed by atoms with Crippen LogP contribution in [0.1, 0.15) is 27.0 Å². The van der Waals surface area contributed by atoms with Crippen molar-refractivity contribution in [2.75, 3.05) is 22.0 Å². The van der Waals surface area contributed by atoms with E-state index in [0.717, 1.165) is 21.0 Å². The zero-order valence-corrected chi connectivity index (χ0v) is 18.8. The lowest BCUT2D eigenvalue weighted by Gasteiger charge is -2.20. The van der Waals surface area contributed by atoms with Gasteiger partial charge >= 0.3 is 6.03 Å². The van der Waals surface area contributed by atoms with Crippen molar-refractivity contribution in [1.82, 2.24) is 0 Å². The summed E-state index contributed by atoms with van der Waals surface area (Å²) in [6.45, 7) is 5.94. The van der Waals surface area contributed by atoms with Crippen LogP contribution in [0.3, 0.4) is 0 Å². The molecule has 3 amide bonds. The fraction of sp³-hybridized carbons (Fsp3) is 0.167. The minimum atomic E-state index is -0.473. The van der Waals surface area contributed by atoms with E-state index < -0.39 is 6.03 Å². The fourth-order valence-corrected chi connectivity index (χ4v) is 3.23. The Bertz CT molecular complexity index is 1130. The van der Waals surface area contributed by atoms with Crippen LogP contribution in [0.25, 0.3) is 0 Å². The smallest absolute Gasteiger partial charge is 0.336 e. The molecule has 0 saturated carbocycles. The molecule has 0 heterocycles. The van der Waals surface area contributed by atoms with Gasteiger partial charge in [-0.05, 0) is 79.9 Å². The molecule has 0 aromatic heterocycles. The number of nitrogens with zero attached hydrogens (tertiary/aromatic N) is 1. The molecule has 0 bridgehead atoms. The molecule has 31 heavy (non-hydrogen) atoms. The summed E-state index contributed by atoms with van der Waals surface area (Å²) in [5.74, 6) is 0.116. The minimum Gasteiger partial charge on any atom is -0.495 e. The van der Waals surface area contributed by atoms with E-state index in [0.29, 0.717) is 28.4 Å². The molecule has 0 fully saturated rings. The van der Waals surface area contributed by atoms with Crippen molar-refractivity contribution in [2.45, 2.75) is 20.8 Å². The van der Waals surface area contributed by atoms with E-state index in [1.165, 1.54) is 7.11 Å². The third kappa shape index (κ3) is 5.38. The lowest BCUT2D eigenvalue weighted by atomic mass is 10.1. The van der Waals surface area contributed by atoms with Crippen molar-refractivity contribution in [3.8, 4) is 5.75 Å². The number of methoxy groups -OCH3 is 1. The molecule has 0 aliphatic heterocycles. The molecule has 0 saturated heterocycles. The van der Waals surface area contributed by atoms with E-state index in [1.807, 2.05) is 57.2 Å². The molecule has 3 aromatic rings.